The first-order valence-corrected chi connectivity index (χ1v) is 7.98. The van der Waals surface area contributed by atoms with E-state index in [9.17, 15) is 4.79 Å². The molecule has 0 aliphatic carbocycles. The van der Waals surface area contributed by atoms with Crippen molar-refractivity contribution in [3.63, 3.8) is 0 Å². The average Bonchev–Trinajstić information content (AvgIpc) is 2.98. The van der Waals surface area contributed by atoms with Gasteiger partial charge in [-0.2, -0.15) is 0 Å². The molecular formula is C17H27N3O. The Labute approximate surface area is 127 Å². The lowest BCUT2D eigenvalue weighted by molar-refractivity contribution is -0.118. The van der Waals surface area contributed by atoms with Crippen molar-refractivity contribution in [2.75, 3.05) is 18.4 Å². The van der Waals surface area contributed by atoms with E-state index in [4.69, 9.17) is 5.73 Å². The number of hydrogen-bond donors (Lipinski definition) is 2. The minimum Gasteiger partial charge on any atom is -0.325 e. The van der Waals surface area contributed by atoms with Crippen molar-refractivity contribution in [3.8, 4) is 0 Å². The second kappa shape index (κ2) is 7.57. The van der Waals surface area contributed by atoms with Crippen LogP contribution in [0.1, 0.15) is 38.7 Å². The highest BCUT2D eigenvalue weighted by Gasteiger charge is 2.19. The largest absolute Gasteiger partial charge is 0.325 e. The molecule has 0 bridgehead atoms. The zero-order valence-corrected chi connectivity index (χ0v) is 13.1. The van der Waals surface area contributed by atoms with Crippen molar-refractivity contribution in [2.24, 2.45) is 11.7 Å². The number of rotatable bonds is 6. The zero-order valence-electron chi connectivity index (χ0n) is 13.1. The highest BCUT2D eigenvalue weighted by molar-refractivity contribution is 5.94. The SMILES string of the molecule is CC[C@H](C)[C@H](N)C(=O)Nc1cccc(CN2CCCC2)c1. The smallest absolute Gasteiger partial charge is 0.241 e. The van der Waals surface area contributed by atoms with Crippen LogP contribution in [0.4, 0.5) is 5.69 Å². The number of hydrogen-bond acceptors (Lipinski definition) is 3. The van der Waals surface area contributed by atoms with Crippen LogP contribution in [0.25, 0.3) is 0 Å². The molecular weight excluding hydrogens is 262 g/mol. The molecule has 3 N–H and O–H groups in total. The van der Waals surface area contributed by atoms with Gasteiger partial charge in [-0.25, -0.2) is 0 Å². The van der Waals surface area contributed by atoms with E-state index < -0.39 is 6.04 Å². The highest BCUT2D eigenvalue weighted by Crippen LogP contribution is 2.17. The summed E-state index contributed by atoms with van der Waals surface area (Å²) in [6, 6.07) is 7.64. The van der Waals surface area contributed by atoms with Crippen LogP contribution < -0.4 is 11.1 Å². The fraction of sp³-hybridized carbons (Fsp3) is 0.588. The maximum atomic E-state index is 12.1. The summed E-state index contributed by atoms with van der Waals surface area (Å²) in [5, 5.41) is 2.94. The molecule has 1 fully saturated rings. The third-order valence-electron chi connectivity index (χ3n) is 4.36. The summed E-state index contributed by atoms with van der Waals surface area (Å²) in [6.07, 6.45) is 3.49. The van der Waals surface area contributed by atoms with E-state index in [0.29, 0.717) is 0 Å². The van der Waals surface area contributed by atoms with Gasteiger partial charge in [0.2, 0.25) is 5.91 Å². The van der Waals surface area contributed by atoms with Gasteiger partial charge in [0.15, 0.2) is 0 Å². The maximum Gasteiger partial charge on any atom is 0.241 e. The van der Waals surface area contributed by atoms with Crippen LogP contribution in [0.5, 0.6) is 0 Å². The van der Waals surface area contributed by atoms with Crippen LogP contribution in [0.15, 0.2) is 24.3 Å². The molecule has 1 aliphatic heterocycles. The first-order valence-electron chi connectivity index (χ1n) is 7.98. The Morgan fingerprint density at radius 2 is 2.10 bits per heavy atom. The van der Waals surface area contributed by atoms with Crippen molar-refractivity contribution < 1.29 is 4.79 Å². The van der Waals surface area contributed by atoms with Gasteiger partial charge in [0.25, 0.3) is 0 Å². The molecule has 1 aromatic carbocycles. The Balaban J connectivity index is 1.95. The average molecular weight is 289 g/mol. The number of carbonyl (C=O) groups is 1. The number of carbonyl (C=O) groups excluding carboxylic acids is 1. The molecule has 0 saturated carbocycles. The van der Waals surface area contributed by atoms with Gasteiger partial charge < -0.3 is 11.1 Å². The van der Waals surface area contributed by atoms with Crippen molar-refractivity contribution in [1.29, 1.82) is 0 Å². The second-order valence-electron chi connectivity index (χ2n) is 6.08. The Bertz CT molecular complexity index is 469. The fourth-order valence-electron chi connectivity index (χ4n) is 2.68. The van der Waals surface area contributed by atoms with Crippen LogP contribution in [0, 0.1) is 5.92 Å². The third kappa shape index (κ3) is 4.55. The van der Waals surface area contributed by atoms with Crippen LogP contribution in [0.2, 0.25) is 0 Å². The second-order valence-corrected chi connectivity index (χ2v) is 6.08. The number of amides is 1. The van der Waals surface area contributed by atoms with Crippen molar-refractivity contribution in [1.82, 2.24) is 4.90 Å². The molecule has 1 saturated heterocycles. The number of anilines is 1. The molecule has 21 heavy (non-hydrogen) atoms. The monoisotopic (exact) mass is 289 g/mol. The molecule has 0 spiro atoms. The van der Waals surface area contributed by atoms with Gasteiger partial charge in [0, 0.05) is 12.2 Å². The van der Waals surface area contributed by atoms with Gasteiger partial charge in [0.05, 0.1) is 6.04 Å². The predicted molar refractivity (Wildman–Crippen MR) is 87.0 cm³/mol. The topological polar surface area (TPSA) is 58.4 Å². The minimum absolute atomic E-state index is 0.0947. The molecule has 1 aliphatic rings. The van der Waals surface area contributed by atoms with Gasteiger partial charge in [-0.15, -0.1) is 0 Å². The third-order valence-corrected chi connectivity index (χ3v) is 4.36. The van der Waals surface area contributed by atoms with Crippen molar-refractivity contribution >= 4 is 11.6 Å². The van der Waals surface area contributed by atoms with E-state index in [0.717, 1.165) is 18.7 Å². The van der Waals surface area contributed by atoms with Crippen LogP contribution in [0.3, 0.4) is 0 Å². The highest BCUT2D eigenvalue weighted by atomic mass is 16.2. The van der Waals surface area contributed by atoms with E-state index in [2.05, 4.69) is 29.3 Å². The van der Waals surface area contributed by atoms with Gasteiger partial charge in [-0.3, -0.25) is 9.69 Å². The summed E-state index contributed by atoms with van der Waals surface area (Å²) >= 11 is 0. The molecule has 0 aromatic heterocycles. The lowest BCUT2D eigenvalue weighted by Crippen LogP contribution is -2.40. The zero-order chi connectivity index (χ0) is 15.2. The number of benzene rings is 1. The summed E-state index contributed by atoms with van der Waals surface area (Å²) in [6.45, 7) is 7.37. The molecule has 2 atom stereocenters. The van der Waals surface area contributed by atoms with E-state index in [1.165, 1.54) is 31.5 Å². The fourth-order valence-corrected chi connectivity index (χ4v) is 2.68. The Morgan fingerprint density at radius 3 is 2.76 bits per heavy atom. The molecule has 1 aromatic rings. The quantitative estimate of drug-likeness (QED) is 0.846. The first-order chi connectivity index (χ1) is 10.1. The predicted octanol–water partition coefficient (Wildman–Crippen LogP) is 2.59. The van der Waals surface area contributed by atoms with E-state index in [-0.39, 0.29) is 11.8 Å². The summed E-state index contributed by atoms with van der Waals surface area (Å²) in [5.74, 6) is 0.0976. The Morgan fingerprint density at radius 1 is 1.38 bits per heavy atom. The van der Waals surface area contributed by atoms with Gasteiger partial charge in [0.1, 0.15) is 0 Å². The summed E-state index contributed by atoms with van der Waals surface area (Å²) in [4.78, 5) is 14.6. The number of nitrogens with zero attached hydrogens (tertiary/aromatic N) is 1. The Hall–Kier alpha value is -1.39. The Kier molecular flexibility index (Phi) is 5.76. The van der Waals surface area contributed by atoms with Gasteiger partial charge >= 0.3 is 0 Å². The number of likely N-dealkylation sites (tertiary alicyclic amines) is 1. The number of nitrogens with one attached hydrogen (secondary N) is 1. The summed E-state index contributed by atoms with van der Waals surface area (Å²) in [5.41, 5.74) is 8.05. The van der Waals surface area contributed by atoms with E-state index >= 15 is 0 Å². The molecule has 1 amide bonds. The minimum atomic E-state index is -0.447. The number of nitrogens with two attached hydrogens (primary N) is 1. The maximum absolute atomic E-state index is 12.1. The molecule has 2 rings (SSSR count). The van der Waals surface area contributed by atoms with Crippen molar-refractivity contribution in [3.05, 3.63) is 29.8 Å². The molecule has 4 heteroatoms. The molecule has 0 radical (unpaired) electrons. The standard InChI is InChI=1S/C17H27N3O/c1-3-13(2)16(18)17(21)19-15-8-6-7-14(11-15)12-20-9-4-5-10-20/h6-8,11,13,16H,3-5,9-10,12,18H2,1-2H3,(H,19,21)/t13-,16-/m0/s1. The van der Waals surface area contributed by atoms with Crippen LogP contribution in [-0.2, 0) is 11.3 Å². The lowest BCUT2D eigenvalue weighted by Gasteiger charge is -2.19. The molecule has 4 nitrogen and oxygen atoms in total. The van der Waals surface area contributed by atoms with Crippen LogP contribution in [-0.4, -0.2) is 29.9 Å². The van der Waals surface area contributed by atoms with Gasteiger partial charge in [-0.1, -0.05) is 32.4 Å². The lowest BCUT2D eigenvalue weighted by atomic mass is 9.99. The summed E-state index contributed by atoms with van der Waals surface area (Å²) < 4.78 is 0. The molecule has 1 heterocycles. The van der Waals surface area contributed by atoms with Gasteiger partial charge in [-0.05, 0) is 49.5 Å². The molecule has 116 valence electrons. The van der Waals surface area contributed by atoms with E-state index in [1.54, 1.807) is 0 Å². The van der Waals surface area contributed by atoms with Crippen molar-refractivity contribution in [2.45, 2.75) is 45.7 Å². The first kappa shape index (κ1) is 16.0. The summed E-state index contributed by atoms with van der Waals surface area (Å²) in [7, 11) is 0. The normalized spacial score (nSPS) is 18.4. The molecule has 0 unspecified atom stereocenters. The van der Waals surface area contributed by atoms with Crippen LogP contribution >= 0.6 is 0 Å². The van der Waals surface area contributed by atoms with E-state index in [1.807, 2.05) is 19.1 Å².